The van der Waals surface area contributed by atoms with Crippen LogP contribution in [0, 0.1) is 14.1 Å². The van der Waals surface area contributed by atoms with Crippen molar-refractivity contribution >= 4 is 61.3 Å². The van der Waals surface area contributed by atoms with E-state index in [2.05, 4.69) is 45.2 Å². The van der Waals surface area contributed by atoms with Crippen molar-refractivity contribution < 1.29 is 26.9 Å². The van der Waals surface area contributed by atoms with Gasteiger partial charge in [-0.25, -0.2) is 4.79 Å². The van der Waals surface area contributed by atoms with Crippen LogP contribution in [0.1, 0.15) is 22.8 Å². The summed E-state index contributed by atoms with van der Waals surface area (Å²) in [5.74, 6) is -0.0329. The second-order valence-corrected chi connectivity index (χ2v) is 12.1. The van der Waals surface area contributed by atoms with E-state index < -0.39 is 22.2 Å². The number of carbonyl (C=O) groups is 1. The van der Waals surface area contributed by atoms with E-state index >= 15 is 0 Å². The quantitative estimate of drug-likeness (QED) is 0.108. The van der Waals surface area contributed by atoms with Gasteiger partial charge in [-0.15, -0.1) is 0 Å². The van der Waals surface area contributed by atoms with Gasteiger partial charge in [0.1, 0.15) is 16.4 Å². The fraction of sp³-hybridized carbons (Fsp3) is 0.107. The minimum absolute atomic E-state index is 0.0667. The third-order valence-electron chi connectivity index (χ3n) is 5.29. The van der Waals surface area contributed by atoms with E-state index in [1.807, 2.05) is 55.5 Å². The Morgan fingerprint density at radius 1 is 0.730 bits per heavy atom. The molecule has 0 fully saturated rings. The van der Waals surface area contributed by atoms with E-state index in [1.54, 1.807) is 12.1 Å². The van der Waals surface area contributed by atoms with Crippen molar-refractivity contribution in [3.63, 3.8) is 0 Å². The average Bonchev–Trinajstić information content (AvgIpc) is 2.88. The van der Waals surface area contributed by atoms with Crippen LogP contribution >= 0.6 is 45.2 Å². The third-order valence-corrected chi connectivity index (χ3v) is 7.99. The second-order valence-electron chi connectivity index (χ2n) is 8.08. The minimum atomic E-state index is -3.96. The lowest BCUT2D eigenvalue weighted by atomic mass is 10.0. The van der Waals surface area contributed by atoms with Crippen LogP contribution in [0.25, 0.3) is 0 Å². The van der Waals surface area contributed by atoms with Crippen LogP contribution < -0.4 is 8.92 Å². The van der Waals surface area contributed by atoms with Gasteiger partial charge >= 0.3 is 16.1 Å². The monoisotopic (exact) mass is 740 g/mol. The number of ether oxygens (including phenoxy) is 2. The summed E-state index contributed by atoms with van der Waals surface area (Å²) < 4.78 is 43.7. The van der Waals surface area contributed by atoms with Crippen LogP contribution in [-0.4, -0.2) is 21.0 Å². The highest BCUT2D eigenvalue weighted by Gasteiger charge is 2.20. The molecule has 4 aromatic rings. The molecule has 0 unspecified atom stereocenters. The predicted molar refractivity (Wildman–Crippen MR) is 157 cm³/mol. The molecule has 0 radical (unpaired) electrons. The molecule has 0 atom stereocenters. The Hall–Kier alpha value is -2.64. The molecule has 0 aliphatic rings. The van der Waals surface area contributed by atoms with Crippen LogP contribution in [0.3, 0.4) is 0 Å². The van der Waals surface area contributed by atoms with Crippen LogP contribution in [0.5, 0.6) is 11.5 Å². The Bertz CT molecular complexity index is 1410. The van der Waals surface area contributed by atoms with Gasteiger partial charge in [-0.05, 0) is 124 Å². The number of rotatable bonds is 9. The zero-order chi connectivity index (χ0) is 26.4. The summed E-state index contributed by atoms with van der Waals surface area (Å²) in [5.41, 5.74) is 2.65. The molecule has 0 bridgehead atoms. The number of aryl methyl sites for hydroxylation is 1. The number of esters is 1. The van der Waals surface area contributed by atoms with Crippen molar-refractivity contribution in [1.82, 2.24) is 0 Å². The highest BCUT2D eigenvalue weighted by atomic mass is 127. The van der Waals surface area contributed by atoms with Gasteiger partial charge in [0.05, 0.1) is 0 Å². The Labute approximate surface area is 243 Å². The molecule has 0 saturated carbocycles. The van der Waals surface area contributed by atoms with E-state index in [0.29, 0.717) is 5.75 Å². The maximum absolute atomic E-state index is 12.7. The van der Waals surface area contributed by atoms with E-state index in [1.165, 1.54) is 36.4 Å². The number of carbonyl (C=O) groups excluding carboxylic acids is 1. The second kappa shape index (κ2) is 12.3. The number of hydrogen-bond donors (Lipinski definition) is 0. The van der Waals surface area contributed by atoms with Gasteiger partial charge in [0.15, 0.2) is 12.7 Å². The van der Waals surface area contributed by atoms with Crippen LogP contribution in [0.2, 0.25) is 0 Å². The Morgan fingerprint density at radius 2 is 1.22 bits per heavy atom. The standard InChI is InChI=1S/C28H22I2O6S/c1-19-2-16-26(17-3-19)37(32,33)36-25-14-12-24(13-15-25)34-18-27(31)35-28(20-4-8-22(29)9-5-20)21-6-10-23(30)11-7-21/h2-17,28H,18H2,1H3. The fourth-order valence-electron chi connectivity index (χ4n) is 3.38. The van der Waals surface area contributed by atoms with Crippen molar-refractivity contribution in [2.75, 3.05) is 6.61 Å². The van der Waals surface area contributed by atoms with Crippen molar-refractivity contribution in [1.29, 1.82) is 0 Å². The van der Waals surface area contributed by atoms with Gasteiger partial charge in [0.25, 0.3) is 0 Å². The molecule has 0 N–H and O–H groups in total. The Kier molecular flexibility index (Phi) is 9.08. The predicted octanol–water partition coefficient (Wildman–Crippen LogP) is 6.68. The average molecular weight is 740 g/mol. The molecule has 6 nitrogen and oxygen atoms in total. The molecule has 0 amide bonds. The molecule has 0 spiro atoms. The molecule has 37 heavy (non-hydrogen) atoms. The molecule has 0 heterocycles. The molecule has 0 aromatic heterocycles. The SMILES string of the molecule is Cc1ccc(S(=O)(=O)Oc2ccc(OCC(=O)OC(c3ccc(I)cc3)c3ccc(I)cc3)cc2)cc1. The zero-order valence-electron chi connectivity index (χ0n) is 19.6. The van der Waals surface area contributed by atoms with E-state index in [4.69, 9.17) is 13.7 Å². The molecule has 4 aromatic carbocycles. The van der Waals surface area contributed by atoms with Crippen molar-refractivity contribution in [3.05, 3.63) is 121 Å². The lowest BCUT2D eigenvalue weighted by Crippen LogP contribution is -2.19. The van der Waals surface area contributed by atoms with E-state index in [-0.39, 0.29) is 17.3 Å². The first-order valence-corrected chi connectivity index (χ1v) is 14.7. The van der Waals surface area contributed by atoms with Crippen molar-refractivity contribution in [2.24, 2.45) is 0 Å². The summed E-state index contributed by atoms with van der Waals surface area (Å²) in [6, 6.07) is 28.0. The lowest BCUT2D eigenvalue weighted by molar-refractivity contribution is -0.149. The normalized spacial score (nSPS) is 11.2. The summed E-state index contributed by atoms with van der Waals surface area (Å²) in [6.07, 6.45) is -0.576. The Balaban J connectivity index is 1.39. The Morgan fingerprint density at radius 3 is 1.73 bits per heavy atom. The van der Waals surface area contributed by atoms with Crippen LogP contribution in [0.4, 0.5) is 0 Å². The number of halogens is 2. The molecule has 0 aliphatic heterocycles. The number of hydrogen-bond acceptors (Lipinski definition) is 6. The topological polar surface area (TPSA) is 78.9 Å². The van der Waals surface area contributed by atoms with Gasteiger partial charge in [0, 0.05) is 7.14 Å². The molecular weight excluding hydrogens is 718 g/mol. The first-order chi connectivity index (χ1) is 17.7. The zero-order valence-corrected chi connectivity index (χ0v) is 24.8. The highest BCUT2D eigenvalue weighted by Crippen LogP contribution is 2.28. The van der Waals surface area contributed by atoms with Gasteiger partial charge < -0.3 is 13.7 Å². The maximum Gasteiger partial charge on any atom is 0.345 e. The summed E-state index contributed by atoms with van der Waals surface area (Å²) >= 11 is 4.45. The van der Waals surface area contributed by atoms with Gasteiger partial charge in [-0.2, -0.15) is 8.42 Å². The molecule has 0 aliphatic carbocycles. The molecule has 9 heteroatoms. The fourth-order valence-corrected chi connectivity index (χ4v) is 5.03. The molecule has 0 saturated heterocycles. The van der Waals surface area contributed by atoms with Crippen LogP contribution in [-0.2, 0) is 19.6 Å². The van der Waals surface area contributed by atoms with Gasteiger partial charge in [-0.3, -0.25) is 0 Å². The van der Waals surface area contributed by atoms with Crippen LogP contribution in [0.15, 0.2) is 102 Å². The molecule has 190 valence electrons. The maximum atomic E-state index is 12.7. The highest BCUT2D eigenvalue weighted by molar-refractivity contribution is 14.1. The summed E-state index contributed by atoms with van der Waals surface area (Å²) in [7, 11) is -3.96. The molecular formula is C28H22I2O6S. The first kappa shape index (κ1) is 27.4. The van der Waals surface area contributed by atoms with Gasteiger partial charge in [-0.1, -0.05) is 42.0 Å². The lowest BCUT2D eigenvalue weighted by Gasteiger charge is -2.19. The molecule has 4 rings (SSSR count). The third kappa shape index (κ3) is 7.68. The summed E-state index contributed by atoms with van der Waals surface area (Å²) in [4.78, 5) is 12.8. The largest absolute Gasteiger partial charge is 0.482 e. The van der Waals surface area contributed by atoms with E-state index in [0.717, 1.165) is 23.8 Å². The minimum Gasteiger partial charge on any atom is -0.482 e. The van der Waals surface area contributed by atoms with Crippen molar-refractivity contribution in [3.8, 4) is 11.5 Å². The number of benzene rings is 4. The smallest absolute Gasteiger partial charge is 0.345 e. The van der Waals surface area contributed by atoms with Crippen molar-refractivity contribution in [2.45, 2.75) is 17.9 Å². The van der Waals surface area contributed by atoms with E-state index in [9.17, 15) is 13.2 Å². The first-order valence-electron chi connectivity index (χ1n) is 11.1. The summed E-state index contributed by atoms with van der Waals surface area (Å²) in [6.45, 7) is 1.56. The summed E-state index contributed by atoms with van der Waals surface area (Å²) in [5, 5.41) is 0. The van der Waals surface area contributed by atoms with Gasteiger partial charge in [0.2, 0.25) is 0 Å².